The molecule has 0 saturated heterocycles. The van der Waals surface area contributed by atoms with Crippen LogP contribution in [0.25, 0.3) is 11.0 Å². The predicted molar refractivity (Wildman–Crippen MR) is 100 cm³/mol. The maximum absolute atomic E-state index is 12.9. The van der Waals surface area contributed by atoms with Crippen LogP contribution in [0.1, 0.15) is 24.3 Å². The molecule has 1 atom stereocenters. The Morgan fingerprint density at radius 1 is 1.19 bits per heavy atom. The summed E-state index contributed by atoms with van der Waals surface area (Å²) in [6.45, 7) is 2.82. The van der Waals surface area contributed by atoms with E-state index in [0.29, 0.717) is 13.0 Å². The Labute approximate surface area is 152 Å². The summed E-state index contributed by atoms with van der Waals surface area (Å²) in [5, 5.41) is 3.97. The van der Waals surface area contributed by atoms with E-state index in [1.165, 1.54) is 12.1 Å². The number of nitrogens with one attached hydrogen (secondary N) is 1. The van der Waals surface area contributed by atoms with Crippen molar-refractivity contribution >= 4 is 16.9 Å². The minimum absolute atomic E-state index is 0.00903. The molecule has 0 saturated carbocycles. The zero-order chi connectivity index (χ0) is 18.5. The van der Waals surface area contributed by atoms with Gasteiger partial charge in [-0.3, -0.25) is 9.69 Å². The first-order chi connectivity index (χ1) is 12.5. The van der Waals surface area contributed by atoms with Gasteiger partial charge in [0.15, 0.2) is 0 Å². The van der Waals surface area contributed by atoms with Crippen molar-refractivity contribution in [1.29, 1.82) is 0 Å². The van der Waals surface area contributed by atoms with E-state index < -0.39 is 0 Å². The van der Waals surface area contributed by atoms with Crippen molar-refractivity contribution in [2.75, 3.05) is 20.1 Å². The number of carbonyl (C=O) groups is 1. The molecule has 0 bridgehead atoms. The first kappa shape index (κ1) is 18.1. The first-order valence-electron chi connectivity index (χ1n) is 8.73. The number of benzene rings is 2. The number of para-hydroxylation sites is 1. The van der Waals surface area contributed by atoms with E-state index >= 15 is 0 Å². The van der Waals surface area contributed by atoms with Crippen LogP contribution in [0.3, 0.4) is 0 Å². The van der Waals surface area contributed by atoms with E-state index in [1.807, 2.05) is 49.2 Å². The number of fused-ring (bicyclic) bond motifs is 1. The van der Waals surface area contributed by atoms with Gasteiger partial charge in [-0.15, -0.1) is 0 Å². The van der Waals surface area contributed by atoms with Gasteiger partial charge in [0.25, 0.3) is 0 Å². The fourth-order valence-corrected chi connectivity index (χ4v) is 2.84. The second-order valence-electron chi connectivity index (χ2n) is 6.50. The molecule has 1 heterocycles. The fraction of sp³-hybridized carbons (Fsp3) is 0.286. The highest BCUT2D eigenvalue weighted by Crippen LogP contribution is 2.26. The van der Waals surface area contributed by atoms with E-state index in [2.05, 4.69) is 5.32 Å². The van der Waals surface area contributed by atoms with Gasteiger partial charge in [0.1, 0.15) is 17.2 Å². The molecule has 1 aromatic heterocycles. The largest absolute Gasteiger partial charge is 0.459 e. The van der Waals surface area contributed by atoms with Crippen LogP contribution in [-0.2, 0) is 11.2 Å². The van der Waals surface area contributed by atoms with Gasteiger partial charge < -0.3 is 9.73 Å². The monoisotopic (exact) mass is 354 g/mol. The van der Waals surface area contributed by atoms with Gasteiger partial charge in [0, 0.05) is 11.9 Å². The number of likely N-dealkylation sites (N-methyl/N-ethyl adjacent to an activating group) is 1. The quantitative estimate of drug-likeness (QED) is 0.699. The molecular weight excluding hydrogens is 331 g/mol. The van der Waals surface area contributed by atoms with Gasteiger partial charge in [-0.1, -0.05) is 30.3 Å². The van der Waals surface area contributed by atoms with Crippen molar-refractivity contribution in [3.63, 3.8) is 0 Å². The van der Waals surface area contributed by atoms with Crippen LogP contribution >= 0.6 is 0 Å². The molecule has 0 unspecified atom stereocenters. The third-order valence-corrected chi connectivity index (χ3v) is 4.56. The number of amides is 1. The molecule has 0 aliphatic rings. The van der Waals surface area contributed by atoms with Crippen molar-refractivity contribution in [3.8, 4) is 0 Å². The summed E-state index contributed by atoms with van der Waals surface area (Å²) in [7, 11) is 1.90. The van der Waals surface area contributed by atoms with Crippen LogP contribution in [-0.4, -0.2) is 30.9 Å². The van der Waals surface area contributed by atoms with E-state index in [4.69, 9.17) is 4.42 Å². The van der Waals surface area contributed by atoms with Crippen LogP contribution in [0.4, 0.5) is 4.39 Å². The summed E-state index contributed by atoms with van der Waals surface area (Å²) in [6, 6.07) is 16.2. The lowest BCUT2D eigenvalue weighted by Gasteiger charge is -2.22. The number of furan rings is 1. The maximum atomic E-state index is 12.9. The molecule has 1 amide bonds. The molecule has 1 N–H and O–H groups in total. The molecule has 26 heavy (non-hydrogen) atoms. The van der Waals surface area contributed by atoms with Gasteiger partial charge in [0.2, 0.25) is 5.91 Å². The minimum atomic E-state index is -0.251. The Balaban J connectivity index is 1.49. The Morgan fingerprint density at radius 3 is 2.65 bits per heavy atom. The van der Waals surface area contributed by atoms with Crippen LogP contribution in [0.2, 0.25) is 0 Å². The number of rotatable bonds is 7. The van der Waals surface area contributed by atoms with Crippen molar-refractivity contribution < 1.29 is 13.6 Å². The van der Waals surface area contributed by atoms with Crippen molar-refractivity contribution in [2.45, 2.75) is 19.4 Å². The number of nitrogens with zero attached hydrogens (tertiary/aromatic N) is 1. The molecule has 136 valence electrons. The normalized spacial score (nSPS) is 12.5. The number of halogens is 1. The number of hydrogen-bond acceptors (Lipinski definition) is 3. The van der Waals surface area contributed by atoms with Crippen molar-refractivity contribution in [3.05, 3.63) is 71.7 Å². The van der Waals surface area contributed by atoms with Gasteiger partial charge in [0.05, 0.1) is 12.6 Å². The molecule has 0 fully saturated rings. The molecule has 3 aromatic rings. The second kappa shape index (κ2) is 8.15. The van der Waals surface area contributed by atoms with Gasteiger partial charge >= 0.3 is 0 Å². The third kappa shape index (κ3) is 4.49. The van der Waals surface area contributed by atoms with E-state index in [9.17, 15) is 9.18 Å². The maximum Gasteiger partial charge on any atom is 0.234 e. The summed E-state index contributed by atoms with van der Waals surface area (Å²) in [5.74, 6) is 0.546. The molecular formula is C21H23FN2O2. The highest BCUT2D eigenvalue weighted by Gasteiger charge is 2.18. The standard InChI is InChI=1S/C21H23FN2O2/c1-15(20-13-17-5-3-4-6-19(17)26-20)24(2)14-21(25)23-12-11-16-7-9-18(22)10-8-16/h3-10,13,15H,11-12,14H2,1-2H3,(H,23,25)/t15-/m1/s1. The minimum Gasteiger partial charge on any atom is -0.459 e. The van der Waals surface area contributed by atoms with E-state index in [-0.39, 0.29) is 24.3 Å². The fourth-order valence-electron chi connectivity index (χ4n) is 2.84. The van der Waals surface area contributed by atoms with E-state index in [1.54, 1.807) is 12.1 Å². The highest BCUT2D eigenvalue weighted by molar-refractivity contribution is 5.79. The van der Waals surface area contributed by atoms with E-state index in [0.717, 1.165) is 22.3 Å². The number of hydrogen-bond donors (Lipinski definition) is 1. The van der Waals surface area contributed by atoms with Crippen LogP contribution in [0.5, 0.6) is 0 Å². The van der Waals surface area contributed by atoms with Crippen LogP contribution in [0.15, 0.2) is 59.0 Å². The number of carbonyl (C=O) groups excluding carboxylic acids is 1. The topological polar surface area (TPSA) is 45.5 Å². The second-order valence-corrected chi connectivity index (χ2v) is 6.50. The Bertz CT molecular complexity index is 840. The molecule has 0 radical (unpaired) electrons. The van der Waals surface area contributed by atoms with Crippen molar-refractivity contribution in [1.82, 2.24) is 10.2 Å². The predicted octanol–water partition coefficient (Wildman–Crippen LogP) is 3.92. The molecule has 5 heteroatoms. The van der Waals surface area contributed by atoms with Gasteiger partial charge in [-0.25, -0.2) is 4.39 Å². The Morgan fingerprint density at radius 2 is 1.92 bits per heavy atom. The molecule has 2 aromatic carbocycles. The molecule has 3 rings (SSSR count). The summed E-state index contributed by atoms with van der Waals surface area (Å²) in [4.78, 5) is 14.1. The Hall–Kier alpha value is -2.66. The lowest BCUT2D eigenvalue weighted by molar-refractivity contribution is -0.122. The molecule has 0 aliphatic carbocycles. The van der Waals surface area contributed by atoms with Crippen LogP contribution in [0, 0.1) is 5.82 Å². The zero-order valence-electron chi connectivity index (χ0n) is 15.0. The van der Waals surface area contributed by atoms with Gasteiger partial charge in [-0.05, 0) is 50.2 Å². The average molecular weight is 354 g/mol. The zero-order valence-corrected chi connectivity index (χ0v) is 15.0. The molecule has 0 spiro atoms. The summed E-state index contributed by atoms with van der Waals surface area (Å²) in [5.41, 5.74) is 1.85. The first-order valence-corrected chi connectivity index (χ1v) is 8.73. The average Bonchev–Trinajstić information content (AvgIpc) is 3.06. The molecule has 4 nitrogen and oxygen atoms in total. The van der Waals surface area contributed by atoms with Gasteiger partial charge in [-0.2, -0.15) is 0 Å². The SMILES string of the molecule is C[C@H](c1cc2ccccc2o1)N(C)CC(=O)NCCc1ccc(F)cc1. The van der Waals surface area contributed by atoms with Crippen molar-refractivity contribution in [2.24, 2.45) is 0 Å². The third-order valence-electron chi connectivity index (χ3n) is 4.56. The lowest BCUT2D eigenvalue weighted by atomic mass is 10.1. The Kier molecular flexibility index (Phi) is 5.68. The highest BCUT2D eigenvalue weighted by atomic mass is 19.1. The summed E-state index contributed by atoms with van der Waals surface area (Å²) in [6.07, 6.45) is 0.675. The van der Waals surface area contributed by atoms with Crippen LogP contribution < -0.4 is 5.32 Å². The smallest absolute Gasteiger partial charge is 0.234 e. The summed E-state index contributed by atoms with van der Waals surface area (Å²) >= 11 is 0. The summed E-state index contributed by atoms with van der Waals surface area (Å²) < 4.78 is 18.8. The molecule has 0 aliphatic heterocycles. The lowest BCUT2D eigenvalue weighted by Crippen LogP contribution is -2.37.